The van der Waals surface area contributed by atoms with Gasteiger partial charge in [0, 0.05) is 24.5 Å². The van der Waals surface area contributed by atoms with Crippen molar-refractivity contribution in [2.45, 2.75) is 6.92 Å². The van der Waals surface area contributed by atoms with Crippen molar-refractivity contribution in [2.24, 2.45) is 0 Å². The minimum Gasteiger partial charge on any atom is -0.508 e. The summed E-state index contributed by atoms with van der Waals surface area (Å²) in [5, 5.41) is 15.9. The van der Waals surface area contributed by atoms with Gasteiger partial charge in [-0.25, -0.2) is 0 Å². The molecule has 1 aromatic heterocycles. The number of phenolic OH excluding ortho intramolecular Hbond substituents is 1. The number of hydrogen-bond acceptors (Lipinski definition) is 3. The van der Waals surface area contributed by atoms with Crippen LogP contribution in [-0.2, 0) is 0 Å². The van der Waals surface area contributed by atoms with E-state index in [4.69, 9.17) is 0 Å². The number of carbonyl (C=O) groups is 1. The summed E-state index contributed by atoms with van der Waals surface area (Å²) in [7, 11) is 1.66. The third-order valence-corrected chi connectivity index (χ3v) is 2.58. The standard InChI is InChI=1S/C12H13N3O2/c1-8-11(7-13-14-8)12(17)15(2)9-4-3-5-10(16)6-9/h3-7,16H,1-2H3,(H,13,14). The third-order valence-electron chi connectivity index (χ3n) is 2.58. The molecule has 0 aliphatic rings. The first-order chi connectivity index (χ1) is 8.09. The van der Waals surface area contributed by atoms with Crippen molar-refractivity contribution in [2.75, 3.05) is 11.9 Å². The average Bonchev–Trinajstić information content (AvgIpc) is 2.73. The summed E-state index contributed by atoms with van der Waals surface area (Å²) in [6, 6.07) is 6.54. The van der Waals surface area contributed by atoms with Gasteiger partial charge in [-0.1, -0.05) is 6.07 Å². The molecular weight excluding hydrogens is 218 g/mol. The molecule has 0 spiro atoms. The highest BCUT2D eigenvalue weighted by atomic mass is 16.3. The molecule has 0 atom stereocenters. The van der Waals surface area contributed by atoms with Gasteiger partial charge in [0.2, 0.25) is 0 Å². The minimum atomic E-state index is -0.165. The van der Waals surface area contributed by atoms with Crippen LogP contribution in [0.3, 0.4) is 0 Å². The van der Waals surface area contributed by atoms with Gasteiger partial charge in [0.1, 0.15) is 5.75 Å². The number of nitrogens with one attached hydrogen (secondary N) is 1. The third kappa shape index (κ3) is 2.13. The van der Waals surface area contributed by atoms with Crippen molar-refractivity contribution < 1.29 is 9.90 Å². The van der Waals surface area contributed by atoms with E-state index < -0.39 is 0 Å². The molecule has 0 bridgehead atoms. The Balaban J connectivity index is 2.30. The molecule has 1 aromatic carbocycles. The van der Waals surface area contributed by atoms with Crippen LogP contribution in [0.1, 0.15) is 16.1 Å². The van der Waals surface area contributed by atoms with Crippen LogP contribution >= 0.6 is 0 Å². The van der Waals surface area contributed by atoms with Gasteiger partial charge in [0.15, 0.2) is 0 Å². The number of aromatic hydroxyl groups is 1. The predicted molar refractivity (Wildman–Crippen MR) is 64.2 cm³/mol. The Morgan fingerprint density at radius 1 is 1.47 bits per heavy atom. The zero-order valence-corrected chi connectivity index (χ0v) is 9.64. The van der Waals surface area contributed by atoms with E-state index in [1.807, 2.05) is 0 Å². The summed E-state index contributed by atoms with van der Waals surface area (Å²) in [5.74, 6) is -0.0343. The summed E-state index contributed by atoms with van der Waals surface area (Å²) in [6.45, 7) is 1.79. The SMILES string of the molecule is Cc1[nH]ncc1C(=O)N(C)c1cccc(O)c1. The summed E-state index contributed by atoms with van der Waals surface area (Å²) >= 11 is 0. The molecule has 0 saturated heterocycles. The fourth-order valence-electron chi connectivity index (χ4n) is 1.57. The van der Waals surface area contributed by atoms with Gasteiger partial charge in [-0.05, 0) is 19.1 Å². The molecule has 0 saturated carbocycles. The molecule has 5 nitrogen and oxygen atoms in total. The first-order valence-corrected chi connectivity index (χ1v) is 5.16. The number of amides is 1. The van der Waals surface area contributed by atoms with Crippen molar-refractivity contribution in [3.8, 4) is 5.75 Å². The number of benzene rings is 1. The maximum atomic E-state index is 12.1. The van der Waals surface area contributed by atoms with Crippen LogP contribution in [0, 0.1) is 6.92 Å². The molecule has 1 amide bonds. The molecule has 2 aromatic rings. The molecule has 17 heavy (non-hydrogen) atoms. The molecule has 2 N–H and O–H groups in total. The first kappa shape index (κ1) is 11.2. The Bertz CT molecular complexity index is 548. The van der Waals surface area contributed by atoms with Crippen LogP contribution in [0.2, 0.25) is 0 Å². The first-order valence-electron chi connectivity index (χ1n) is 5.16. The van der Waals surface area contributed by atoms with Gasteiger partial charge in [-0.2, -0.15) is 5.10 Å². The smallest absolute Gasteiger partial charge is 0.261 e. The van der Waals surface area contributed by atoms with E-state index in [1.165, 1.54) is 17.2 Å². The summed E-state index contributed by atoms with van der Waals surface area (Å²) in [6.07, 6.45) is 1.50. The summed E-state index contributed by atoms with van der Waals surface area (Å²) in [4.78, 5) is 13.6. The lowest BCUT2D eigenvalue weighted by Crippen LogP contribution is -2.26. The van der Waals surface area contributed by atoms with Crippen LogP contribution in [0.25, 0.3) is 0 Å². The normalized spacial score (nSPS) is 10.2. The summed E-state index contributed by atoms with van der Waals surface area (Å²) < 4.78 is 0. The van der Waals surface area contributed by atoms with Crippen molar-refractivity contribution in [3.05, 3.63) is 41.7 Å². The van der Waals surface area contributed by atoms with E-state index in [0.29, 0.717) is 11.3 Å². The quantitative estimate of drug-likeness (QED) is 0.826. The fourth-order valence-corrected chi connectivity index (χ4v) is 1.57. The largest absolute Gasteiger partial charge is 0.508 e. The predicted octanol–water partition coefficient (Wildman–Crippen LogP) is 1.70. The highest BCUT2D eigenvalue weighted by Gasteiger charge is 2.17. The number of H-pyrrole nitrogens is 1. The van der Waals surface area contributed by atoms with Crippen LogP contribution in [0.5, 0.6) is 5.75 Å². The van der Waals surface area contributed by atoms with Crippen molar-refractivity contribution in [3.63, 3.8) is 0 Å². The maximum absolute atomic E-state index is 12.1. The Kier molecular flexibility index (Phi) is 2.82. The Morgan fingerprint density at radius 3 is 2.82 bits per heavy atom. The van der Waals surface area contributed by atoms with Crippen LogP contribution in [0.15, 0.2) is 30.5 Å². The zero-order valence-electron chi connectivity index (χ0n) is 9.64. The lowest BCUT2D eigenvalue weighted by Gasteiger charge is -2.16. The van der Waals surface area contributed by atoms with E-state index in [0.717, 1.165) is 5.69 Å². The second kappa shape index (κ2) is 4.29. The monoisotopic (exact) mass is 231 g/mol. The number of nitrogens with zero attached hydrogens (tertiary/aromatic N) is 2. The maximum Gasteiger partial charge on any atom is 0.261 e. The number of hydrogen-bond donors (Lipinski definition) is 2. The Labute approximate surface area is 98.7 Å². The fraction of sp³-hybridized carbons (Fsp3) is 0.167. The average molecular weight is 231 g/mol. The second-order valence-electron chi connectivity index (χ2n) is 3.79. The minimum absolute atomic E-state index is 0.131. The number of anilines is 1. The number of aromatic amines is 1. The number of aryl methyl sites for hydroxylation is 1. The number of aromatic nitrogens is 2. The molecule has 0 aliphatic carbocycles. The van der Waals surface area contributed by atoms with Crippen molar-refractivity contribution in [1.82, 2.24) is 10.2 Å². The van der Waals surface area contributed by atoms with E-state index >= 15 is 0 Å². The molecule has 0 unspecified atom stereocenters. The van der Waals surface area contributed by atoms with E-state index in [-0.39, 0.29) is 11.7 Å². The molecule has 1 heterocycles. The molecule has 0 radical (unpaired) electrons. The van der Waals surface area contributed by atoms with Crippen LogP contribution in [-0.4, -0.2) is 28.3 Å². The van der Waals surface area contributed by atoms with Crippen LogP contribution < -0.4 is 4.90 Å². The highest BCUT2D eigenvalue weighted by molar-refractivity contribution is 6.06. The van der Waals surface area contributed by atoms with Gasteiger partial charge in [0.05, 0.1) is 11.8 Å². The van der Waals surface area contributed by atoms with E-state index in [1.54, 1.807) is 32.2 Å². The molecular formula is C12H13N3O2. The number of carbonyl (C=O) groups excluding carboxylic acids is 1. The van der Waals surface area contributed by atoms with Gasteiger partial charge in [-0.15, -0.1) is 0 Å². The Morgan fingerprint density at radius 2 is 2.24 bits per heavy atom. The molecule has 2 rings (SSSR count). The van der Waals surface area contributed by atoms with Gasteiger partial charge in [0.25, 0.3) is 5.91 Å². The van der Waals surface area contributed by atoms with Gasteiger partial charge in [-0.3, -0.25) is 9.89 Å². The topological polar surface area (TPSA) is 69.2 Å². The van der Waals surface area contributed by atoms with Crippen molar-refractivity contribution >= 4 is 11.6 Å². The molecule has 88 valence electrons. The van der Waals surface area contributed by atoms with Gasteiger partial charge >= 0.3 is 0 Å². The van der Waals surface area contributed by atoms with Crippen LogP contribution in [0.4, 0.5) is 5.69 Å². The summed E-state index contributed by atoms with van der Waals surface area (Å²) in [5.41, 5.74) is 1.88. The van der Waals surface area contributed by atoms with E-state index in [9.17, 15) is 9.90 Å². The highest BCUT2D eigenvalue weighted by Crippen LogP contribution is 2.20. The Hall–Kier alpha value is -2.30. The number of rotatable bonds is 2. The molecule has 0 fully saturated rings. The zero-order chi connectivity index (χ0) is 12.4. The van der Waals surface area contributed by atoms with E-state index in [2.05, 4.69) is 10.2 Å². The lowest BCUT2D eigenvalue weighted by molar-refractivity contribution is 0.0992. The lowest BCUT2D eigenvalue weighted by atomic mass is 10.2. The molecule has 5 heteroatoms. The molecule has 0 aliphatic heterocycles. The van der Waals surface area contributed by atoms with Gasteiger partial charge < -0.3 is 10.0 Å². The van der Waals surface area contributed by atoms with Crippen molar-refractivity contribution in [1.29, 1.82) is 0 Å². The second-order valence-corrected chi connectivity index (χ2v) is 3.79. The number of phenols is 1.